The highest BCUT2D eigenvalue weighted by Crippen LogP contribution is 2.40. The summed E-state index contributed by atoms with van der Waals surface area (Å²) in [4.78, 5) is 26.3. The highest BCUT2D eigenvalue weighted by atomic mass is 31.2. The normalized spacial score (nSPS) is 14.9. The van der Waals surface area contributed by atoms with Crippen molar-refractivity contribution in [3.63, 3.8) is 0 Å². The van der Waals surface area contributed by atoms with Crippen molar-refractivity contribution in [1.29, 1.82) is 0 Å². The van der Waals surface area contributed by atoms with Crippen molar-refractivity contribution in [2.45, 2.75) is 245 Å². The SMILES string of the molecule is CCCCCCCCCCCCC/C=C/[C@@H](O[Si](C)(C)C(C)(C)C)[C@H](COP(=O)([O-])OCC[N+](C)(C)C)NC(=O)CCCCCCCCCCCCCCCCC. The number of amides is 1. The van der Waals surface area contributed by atoms with Crippen molar-refractivity contribution in [3.05, 3.63) is 12.2 Å². The maximum Gasteiger partial charge on any atom is 0.268 e. The van der Waals surface area contributed by atoms with Crippen molar-refractivity contribution in [3.8, 4) is 0 Å². The quantitative estimate of drug-likeness (QED) is 0.0217. The molecule has 340 valence electrons. The van der Waals surface area contributed by atoms with Crippen LogP contribution in [0.3, 0.4) is 0 Å². The molecular weight excluding hydrogens is 748 g/mol. The lowest BCUT2D eigenvalue weighted by Crippen LogP contribution is -2.52. The molecule has 1 unspecified atom stereocenters. The Hall–Kier alpha value is -0.543. The summed E-state index contributed by atoms with van der Waals surface area (Å²) in [5.74, 6) is -0.0902. The van der Waals surface area contributed by atoms with Gasteiger partial charge in [0.2, 0.25) is 5.91 Å². The lowest BCUT2D eigenvalue weighted by atomic mass is 10.0. The molecule has 57 heavy (non-hydrogen) atoms. The van der Waals surface area contributed by atoms with Crippen LogP contribution in [0.1, 0.15) is 214 Å². The molecule has 0 heterocycles. The van der Waals surface area contributed by atoms with Crippen molar-refractivity contribution in [2.24, 2.45) is 0 Å². The molecule has 8 nitrogen and oxygen atoms in total. The lowest BCUT2D eigenvalue weighted by molar-refractivity contribution is -0.870. The second-order valence-corrected chi connectivity index (χ2v) is 25.7. The molecule has 0 saturated heterocycles. The van der Waals surface area contributed by atoms with Crippen molar-refractivity contribution >= 4 is 22.0 Å². The Bertz CT molecular complexity index is 1030. The Morgan fingerprint density at radius 2 is 1.09 bits per heavy atom. The molecule has 0 aromatic carbocycles. The van der Waals surface area contributed by atoms with Crippen LogP contribution < -0.4 is 10.2 Å². The molecule has 0 aliphatic heterocycles. The minimum absolute atomic E-state index is 0.0310. The maximum absolute atomic E-state index is 13.4. The van der Waals surface area contributed by atoms with E-state index in [-0.39, 0.29) is 24.2 Å². The van der Waals surface area contributed by atoms with Crippen LogP contribution in [0.5, 0.6) is 0 Å². The number of phosphoric ester groups is 1. The summed E-state index contributed by atoms with van der Waals surface area (Å²) in [6.45, 7) is 15.8. The van der Waals surface area contributed by atoms with Crippen LogP contribution in [0.2, 0.25) is 18.1 Å². The number of hydrogen-bond donors (Lipinski definition) is 1. The van der Waals surface area contributed by atoms with Crippen LogP contribution in [0.4, 0.5) is 0 Å². The van der Waals surface area contributed by atoms with E-state index in [1.165, 1.54) is 141 Å². The van der Waals surface area contributed by atoms with Gasteiger partial charge in [-0.15, -0.1) is 0 Å². The summed E-state index contributed by atoms with van der Waals surface area (Å²) in [5.41, 5.74) is 0. The van der Waals surface area contributed by atoms with Crippen molar-refractivity contribution in [1.82, 2.24) is 5.32 Å². The molecule has 0 saturated carbocycles. The van der Waals surface area contributed by atoms with E-state index >= 15 is 0 Å². The minimum atomic E-state index is -4.59. The fourth-order valence-corrected chi connectivity index (χ4v) is 8.72. The number of carbonyl (C=O) groups excluding carboxylic acids is 1. The van der Waals surface area contributed by atoms with E-state index in [1.807, 2.05) is 27.2 Å². The van der Waals surface area contributed by atoms with Gasteiger partial charge in [0, 0.05) is 6.42 Å². The number of hydrogen-bond acceptors (Lipinski definition) is 6. The molecule has 3 atom stereocenters. The summed E-state index contributed by atoms with van der Waals surface area (Å²) >= 11 is 0. The van der Waals surface area contributed by atoms with Gasteiger partial charge in [-0.2, -0.15) is 0 Å². The minimum Gasteiger partial charge on any atom is -0.756 e. The number of nitrogens with one attached hydrogen (secondary N) is 1. The molecule has 0 aliphatic rings. The van der Waals surface area contributed by atoms with Crippen LogP contribution in [-0.4, -0.2) is 71.8 Å². The Kier molecular flexibility index (Phi) is 33.8. The first-order chi connectivity index (χ1) is 26.9. The van der Waals surface area contributed by atoms with Gasteiger partial charge < -0.3 is 28.2 Å². The molecule has 0 spiro atoms. The zero-order valence-corrected chi connectivity index (χ0v) is 41.5. The summed E-state index contributed by atoms with van der Waals surface area (Å²) in [7, 11) is -0.953. The first-order valence-electron chi connectivity index (χ1n) is 24.0. The van der Waals surface area contributed by atoms with Gasteiger partial charge in [-0.25, -0.2) is 0 Å². The second-order valence-electron chi connectivity index (χ2n) is 19.6. The third-order valence-corrected chi connectivity index (χ3v) is 17.1. The zero-order chi connectivity index (χ0) is 42.9. The Labute approximate surface area is 356 Å². The molecule has 1 amide bonds. The van der Waals surface area contributed by atoms with Crippen LogP contribution in [-0.2, 0) is 22.8 Å². The first kappa shape index (κ1) is 56.5. The molecule has 0 radical (unpaired) electrons. The molecule has 0 rings (SSSR count). The van der Waals surface area contributed by atoms with E-state index in [1.54, 1.807) is 0 Å². The van der Waals surface area contributed by atoms with Gasteiger partial charge in [-0.1, -0.05) is 201 Å². The van der Waals surface area contributed by atoms with Gasteiger partial charge in [-0.3, -0.25) is 9.36 Å². The summed E-state index contributed by atoms with van der Waals surface area (Å²) < 4.78 is 31.1. The third-order valence-electron chi connectivity index (χ3n) is 11.7. The number of rotatable bonds is 40. The van der Waals surface area contributed by atoms with Crippen molar-refractivity contribution in [2.75, 3.05) is 40.9 Å². The second kappa shape index (κ2) is 34.1. The number of nitrogens with zero attached hydrogens (tertiary/aromatic N) is 1. The fourth-order valence-electron chi connectivity index (χ4n) is 6.72. The number of carbonyl (C=O) groups is 1. The van der Waals surface area contributed by atoms with E-state index in [0.717, 1.165) is 32.1 Å². The average Bonchev–Trinajstić information content (AvgIpc) is 3.12. The predicted molar refractivity (Wildman–Crippen MR) is 246 cm³/mol. The number of likely N-dealkylation sites (N-methyl/N-ethyl adjacent to an activating group) is 1. The van der Waals surface area contributed by atoms with Gasteiger partial charge in [-0.05, 0) is 37.4 Å². The molecule has 0 bridgehead atoms. The average molecular weight is 845 g/mol. The zero-order valence-electron chi connectivity index (χ0n) is 39.6. The fraction of sp³-hybridized carbons (Fsp3) is 0.936. The van der Waals surface area contributed by atoms with E-state index < -0.39 is 28.3 Å². The first-order valence-corrected chi connectivity index (χ1v) is 28.4. The van der Waals surface area contributed by atoms with Crippen molar-refractivity contribution < 1.29 is 32.2 Å². The highest BCUT2D eigenvalue weighted by molar-refractivity contribution is 7.45. The van der Waals surface area contributed by atoms with E-state index in [0.29, 0.717) is 17.4 Å². The van der Waals surface area contributed by atoms with Crippen LogP contribution in [0, 0.1) is 0 Å². The molecule has 10 heteroatoms. The molecule has 0 aromatic rings. The van der Waals surface area contributed by atoms with Crippen LogP contribution >= 0.6 is 7.82 Å². The van der Waals surface area contributed by atoms with Gasteiger partial charge in [0.25, 0.3) is 7.82 Å². The standard InChI is InChI=1S/C47H97N2O6PSi/c1-11-13-15-17-19-21-23-25-26-28-30-32-34-36-38-40-46(50)48-44(43-54-56(51,52)53-42-41-49(6,7)8)45(55-57(9,10)47(3,4)5)39-37-35-33-31-29-27-24-22-20-18-16-14-12-2/h37,39,44-45H,11-36,38,40-43H2,1-10H3,(H-,48,50,51,52)/b39-37+/t44-,45+/m0/s1. The van der Waals surface area contributed by atoms with E-state index in [4.69, 9.17) is 13.5 Å². The van der Waals surface area contributed by atoms with Gasteiger partial charge in [0.15, 0.2) is 8.32 Å². The summed E-state index contributed by atoms with van der Waals surface area (Å²) in [6, 6.07) is -0.666. The molecule has 1 N–H and O–H groups in total. The van der Waals surface area contributed by atoms with Gasteiger partial charge in [0.1, 0.15) is 13.2 Å². The van der Waals surface area contributed by atoms with Gasteiger partial charge in [0.05, 0.1) is 39.9 Å². The monoisotopic (exact) mass is 845 g/mol. The smallest absolute Gasteiger partial charge is 0.268 e. The van der Waals surface area contributed by atoms with Gasteiger partial charge >= 0.3 is 0 Å². The Morgan fingerprint density at radius 1 is 0.684 bits per heavy atom. The number of quaternary nitrogens is 1. The Morgan fingerprint density at radius 3 is 1.49 bits per heavy atom. The largest absolute Gasteiger partial charge is 0.756 e. The number of allylic oxidation sites excluding steroid dienone is 1. The number of phosphoric acid groups is 1. The molecular formula is C47H97N2O6PSi. The summed E-state index contributed by atoms with van der Waals surface area (Å²) in [6.07, 6.45) is 38.4. The van der Waals surface area contributed by atoms with Crippen LogP contribution in [0.15, 0.2) is 12.2 Å². The highest BCUT2D eigenvalue weighted by Gasteiger charge is 2.40. The topological polar surface area (TPSA) is 96.9 Å². The lowest BCUT2D eigenvalue weighted by Gasteiger charge is -2.41. The summed E-state index contributed by atoms with van der Waals surface area (Å²) in [5, 5.41) is 3.08. The maximum atomic E-state index is 13.4. The Balaban J connectivity index is 5.25. The van der Waals surface area contributed by atoms with E-state index in [9.17, 15) is 14.3 Å². The molecule has 0 fully saturated rings. The molecule has 0 aromatic heterocycles. The van der Waals surface area contributed by atoms with E-state index in [2.05, 4.69) is 59.1 Å². The number of unbranched alkanes of at least 4 members (excludes halogenated alkanes) is 25. The predicted octanol–water partition coefficient (Wildman–Crippen LogP) is 13.6. The van der Waals surface area contributed by atoms with Crippen LogP contribution in [0.25, 0.3) is 0 Å². The molecule has 0 aliphatic carbocycles. The third kappa shape index (κ3) is 34.8.